The fourth-order valence-corrected chi connectivity index (χ4v) is 2.63. The Morgan fingerprint density at radius 1 is 0.889 bits per heavy atom. The van der Waals surface area contributed by atoms with Gasteiger partial charge in [-0.15, -0.1) is 0 Å². The lowest BCUT2D eigenvalue weighted by molar-refractivity contribution is 0.718. The number of nitrogens with one attached hydrogen (secondary N) is 1. The molecule has 0 aliphatic carbocycles. The number of para-hydroxylation sites is 1. The van der Waals surface area contributed by atoms with Gasteiger partial charge in [0.15, 0.2) is 0 Å². The number of fused-ring (bicyclic) bond motifs is 3. The zero-order valence-electron chi connectivity index (χ0n) is 10.9. The number of aromatic amines is 1. The molecule has 3 aromatic rings. The van der Waals surface area contributed by atoms with Crippen molar-refractivity contribution in [2.75, 3.05) is 0 Å². The summed E-state index contributed by atoms with van der Waals surface area (Å²) in [7, 11) is 0. The lowest BCUT2D eigenvalue weighted by Crippen LogP contribution is -1.84. The molecule has 0 saturated heterocycles. The Hall–Kier alpha value is -1.76. The fourth-order valence-electron chi connectivity index (χ4n) is 2.63. The van der Waals surface area contributed by atoms with Crippen molar-refractivity contribution >= 4 is 21.8 Å². The topological polar surface area (TPSA) is 15.8 Å². The van der Waals surface area contributed by atoms with Crippen molar-refractivity contribution in [2.24, 2.45) is 0 Å². The summed E-state index contributed by atoms with van der Waals surface area (Å²) in [4.78, 5) is 3.47. The lowest BCUT2D eigenvalue weighted by Gasteiger charge is -2.01. The van der Waals surface area contributed by atoms with E-state index in [0.29, 0.717) is 0 Å². The highest BCUT2D eigenvalue weighted by Crippen LogP contribution is 2.26. The van der Waals surface area contributed by atoms with Gasteiger partial charge in [0.05, 0.1) is 0 Å². The summed E-state index contributed by atoms with van der Waals surface area (Å²) in [5.74, 6) is 0. The molecule has 1 heteroatoms. The van der Waals surface area contributed by atoms with E-state index in [1.807, 2.05) is 0 Å². The second-order valence-electron chi connectivity index (χ2n) is 5.01. The highest BCUT2D eigenvalue weighted by molar-refractivity contribution is 6.07. The molecule has 0 aliphatic rings. The minimum absolute atomic E-state index is 1.20. The molecule has 1 N–H and O–H groups in total. The van der Waals surface area contributed by atoms with Gasteiger partial charge in [-0.1, -0.05) is 44.0 Å². The summed E-state index contributed by atoms with van der Waals surface area (Å²) in [6.45, 7) is 2.25. The molecule has 18 heavy (non-hydrogen) atoms. The van der Waals surface area contributed by atoms with E-state index in [-0.39, 0.29) is 0 Å². The molecule has 0 radical (unpaired) electrons. The summed E-state index contributed by atoms with van der Waals surface area (Å²) in [5, 5.41) is 2.70. The summed E-state index contributed by atoms with van der Waals surface area (Å²) in [5.41, 5.74) is 3.94. The molecular weight excluding hydrogens is 218 g/mol. The number of unbranched alkanes of at least 4 members (excludes halogenated alkanes) is 2. The van der Waals surface area contributed by atoms with Crippen molar-refractivity contribution < 1.29 is 0 Å². The van der Waals surface area contributed by atoms with Gasteiger partial charge in [0, 0.05) is 21.8 Å². The SMILES string of the molecule is CCCCCc1ccc2[nH]c3ccccc3c2c1. The van der Waals surface area contributed by atoms with E-state index >= 15 is 0 Å². The van der Waals surface area contributed by atoms with Crippen LogP contribution in [-0.2, 0) is 6.42 Å². The second-order valence-corrected chi connectivity index (χ2v) is 5.01. The van der Waals surface area contributed by atoms with Gasteiger partial charge < -0.3 is 4.98 Å². The van der Waals surface area contributed by atoms with Crippen LogP contribution in [0.2, 0.25) is 0 Å². The fraction of sp³-hybridized carbons (Fsp3) is 0.294. The molecule has 0 bridgehead atoms. The molecule has 1 nitrogen and oxygen atoms in total. The van der Waals surface area contributed by atoms with E-state index in [1.54, 1.807) is 0 Å². The van der Waals surface area contributed by atoms with Crippen molar-refractivity contribution in [3.05, 3.63) is 48.0 Å². The maximum absolute atomic E-state index is 3.47. The summed E-state index contributed by atoms with van der Waals surface area (Å²) < 4.78 is 0. The monoisotopic (exact) mass is 237 g/mol. The molecule has 1 aromatic heterocycles. The van der Waals surface area contributed by atoms with Crippen LogP contribution in [0.25, 0.3) is 21.8 Å². The minimum Gasteiger partial charge on any atom is -0.355 e. The first-order chi connectivity index (χ1) is 8.88. The van der Waals surface area contributed by atoms with Crippen LogP contribution in [0.15, 0.2) is 42.5 Å². The largest absolute Gasteiger partial charge is 0.355 e. The molecule has 0 amide bonds. The van der Waals surface area contributed by atoms with Crippen LogP contribution in [0.4, 0.5) is 0 Å². The average molecular weight is 237 g/mol. The van der Waals surface area contributed by atoms with Gasteiger partial charge in [-0.2, -0.15) is 0 Å². The standard InChI is InChI=1S/C17H19N/c1-2-3-4-7-13-10-11-17-15(12-13)14-8-5-6-9-16(14)18-17/h5-6,8-12,18H,2-4,7H2,1H3. The van der Waals surface area contributed by atoms with E-state index in [2.05, 4.69) is 54.4 Å². The van der Waals surface area contributed by atoms with Gasteiger partial charge >= 0.3 is 0 Å². The van der Waals surface area contributed by atoms with Gasteiger partial charge in [0.2, 0.25) is 0 Å². The molecule has 0 saturated carbocycles. The maximum Gasteiger partial charge on any atom is 0.0465 e. The molecule has 92 valence electrons. The number of rotatable bonds is 4. The zero-order valence-corrected chi connectivity index (χ0v) is 10.9. The molecule has 0 aliphatic heterocycles. The third-order valence-corrected chi connectivity index (χ3v) is 3.64. The van der Waals surface area contributed by atoms with Gasteiger partial charge in [-0.05, 0) is 36.6 Å². The average Bonchev–Trinajstić information content (AvgIpc) is 2.77. The first kappa shape index (κ1) is 11.3. The highest BCUT2D eigenvalue weighted by atomic mass is 14.7. The molecule has 1 heterocycles. The number of hydrogen-bond donors (Lipinski definition) is 1. The quantitative estimate of drug-likeness (QED) is 0.611. The first-order valence-electron chi connectivity index (χ1n) is 6.88. The molecular formula is C17H19N. The van der Waals surface area contributed by atoms with E-state index in [0.717, 1.165) is 0 Å². The summed E-state index contributed by atoms with van der Waals surface area (Å²) >= 11 is 0. The Morgan fingerprint density at radius 2 is 1.72 bits per heavy atom. The predicted octanol–water partition coefficient (Wildman–Crippen LogP) is 5.05. The van der Waals surface area contributed by atoms with Crippen molar-refractivity contribution in [3.63, 3.8) is 0 Å². The molecule has 0 unspecified atom stereocenters. The second kappa shape index (κ2) is 4.85. The van der Waals surface area contributed by atoms with Crippen LogP contribution in [0.1, 0.15) is 31.7 Å². The molecule has 0 fully saturated rings. The minimum atomic E-state index is 1.20. The Balaban J connectivity index is 2.02. The van der Waals surface area contributed by atoms with Gasteiger partial charge in [0.25, 0.3) is 0 Å². The maximum atomic E-state index is 3.47. The number of aryl methyl sites for hydroxylation is 1. The Morgan fingerprint density at radius 3 is 2.61 bits per heavy atom. The number of aromatic nitrogens is 1. The smallest absolute Gasteiger partial charge is 0.0465 e. The van der Waals surface area contributed by atoms with Crippen molar-refractivity contribution in [2.45, 2.75) is 32.6 Å². The Labute approximate surface area is 108 Å². The summed E-state index contributed by atoms with van der Waals surface area (Å²) in [6.07, 6.45) is 5.11. The molecule has 0 atom stereocenters. The highest BCUT2D eigenvalue weighted by Gasteiger charge is 2.04. The molecule has 0 spiro atoms. The Kier molecular flexibility index (Phi) is 3.06. The number of benzene rings is 2. The molecule has 3 rings (SSSR count). The lowest BCUT2D eigenvalue weighted by atomic mass is 10.0. The van der Waals surface area contributed by atoms with Crippen molar-refractivity contribution in [1.82, 2.24) is 4.98 Å². The van der Waals surface area contributed by atoms with Crippen LogP contribution in [0.5, 0.6) is 0 Å². The van der Waals surface area contributed by atoms with E-state index < -0.39 is 0 Å². The van der Waals surface area contributed by atoms with Crippen molar-refractivity contribution in [1.29, 1.82) is 0 Å². The zero-order chi connectivity index (χ0) is 12.4. The third kappa shape index (κ3) is 2.01. The van der Waals surface area contributed by atoms with Crippen LogP contribution in [0, 0.1) is 0 Å². The number of H-pyrrole nitrogens is 1. The normalized spacial score (nSPS) is 11.4. The van der Waals surface area contributed by atoms with Crippen LogP contribution in [-0.4, -0.2) is 4.98 Å². The van der Waals surface area contributed by atoms with Crippen LogP contribution in [0.3, 0.4) is 0 Å². The van der Waals surface area contributed by atoms with Gasteiger partial charge in [0.1, 0.15) is 0 Å². The number of hydrogen-bond acceptors (Lipinski definition) is 0. The van der Waals surface area contributed by atoms with Crippen molar-refractivity contribution in [3.8, 4) is 0 Å². The van der Waals surface area contributed by atoms with Crippen LogP contribution >= 0.6 is 0 Å². The van der Waals surface area contributed by atoms with E-state index in [4.69, 9.17) is 0 Å². The van der Waals surface area contributed by atoms with E-state index in [9.17, 15) is 0 Å². The van der Waals surface area contributed by atoms with Crippen LogP contribution < -0.4 is 0 Å². The van der Waals surface area contributed by atoms with Gasteiger partial charge in [-0.3, -0.25) is 0 Å². The predicted molar refractivity (Wildman–Crippen MR) is 79.0 cm³/mol. The van der Waals surface area contributed by atoms with Gasteiger partial charge in [-0.25, -0.2) is 0 Å². The molecule has 2 aromatic carbocycles. The Bertz CT molecular complexity index is 663. The third-order valence-electron chi connectivity index (χ3n) is 3.64. The van der Waals surface area contributed by atoms with E-state index in [1.165, 1.54) is 53.1 Å². The first-order valence-corrected chi connectivity index (χ1v) is 6.88. The summed E-state index contributed by atoms with van der Waals surface area (Å²) in [6, 6.07) is 15.4.